The molecule has 0 bridgehead atoms. The van der Waals surface area contributed by atoms with Gasteiger partial charge in [-0.05, 0) is 31.7 Å². The number of piperazine rings is 1. The van der Waals surface area contributed by atoms with E-state index in [0.717, 1.165) is 30.8 Å². The minimum absolute atomic E-state index is 0.0766. The van der Waals surface area contributed by atoms with Crippen LogP contribution in [0.5, 0.6) is 0 Å². The molecule has 2 fully saturated rings. The number of ether oxygens (including phenoxy) is 1. The lowest BCUT2D eigenvalue weighted by Crippen LogP contribution is -2.56. The van der Waals surface area contributed by atoms with Crippen LogP contribution in [0.4, 0.5) is 5.69 Å². The molecule has 1 amide bonds. The molecule has 3 rings (SSSR count). The molecule has 0 spiro atoms. The molecule has 30 heavy (non-hydrogen) atoms. The van der Waals surface area contributed by atoms with Crippen LogP contribution in [-0.2, 0) is 16.1 Å². The third-order valence-electron chi connectivity index (χ3n) is 5.64. The molecule has 0 radical (unpaired) electrons. The monoisotopic (exact) mass is 417 g/mol. The van der Waals surface area contributed by atoms with Gasteiger partial charge in [0.1, 0.15) is 6.10 Å². The fourth-order valence-electron chi connectivity index (χ4n) is 3.56. The van der Waals surface area contributed by atoms with Crippen molar-refractivity contribution in [3.8, 4) is 0 Å². The van der Waals surface area contributed by atoms with Gasteiger partial charge in [0.25, 0.3) is 11.6 Å². The van der Waals surface area contributed by atoms with Crippen molar-refractivity contribution in [2.24, 2.45) is 4.99 Å². The van der Waals surface area contributed by atoms with Gasteiger partial charge in [0.05, 0.1) is 11.5 Å². The Labute approximate surface area is 177 Å². The van der Waals surface area contributed by atoms with Gasteiger partial charge in [0.15, 0.2) is 5.96 Å². The van der Waals surface area contributed by atoms with Gasteiger partial charge >= 0.3 is 0 Å². The largest absolute Gasteiger partial charge is 0.368 e. The molecule has 0 aromatic heterocycles. The van der Waals surface area contributed by atoms with Gasteiger partial charge in [-0.2, -0.15) is 0 Å². The van der Waals surface area contributed by atoms with Crippen molar-refractivity contribution >= 4 is 17.6 Å². The number of carbonyl (C=O) groups excluding carboxylic acids is 1. The fraction of sp³-hybridized carbons (Fsp3) is 0.619. The number of guanidine groups is 1. The van der Waals surface area contributed by atoms with Gasteiger partial charge < -0.3 is 19.9 Å². The summed E-state index contributed by atoms with van der Waals surface area (Å²) < 4.78 is 5.54. The lowest BCUT2D eigenvalue weighted by Gasteiger charge is -2.38. The number of benzene rings is 1. The molecule has 1 aromatic carbocycles. The Kier molecular flexibility index (Phi) is 7.62. The second-order valence-corrected chi connectivity index (χ2v) is 7.83. The Morgan fingerprint density at radius 3 is 2.50 bits per heavy atom. The highest BCUT2D eigenvalue weighted by atomic mass is 16.6. The van der Waals surface area contributed by atoms with E-state index in [9.17, 15) is 14.9 Å². The number of nitro groups is 1. The van der Waals surface area contributed by atoms with Gasteiger partial charge in [-0.3, -0.25) is 14.9 Å². The molecule has 9 nitrogen and oxygen atoms in total. The number of nitrogens with zero attached hydrogens (tertiary/aromatic N) is 4. The molecule has 2 heterocycles. The van der Waals surface area contributed by atoms with E-state index in [1.54, 1.807) is 12.1 Å². The summed E-state index contributed by atoms with van der Waals surface area (Å²) in [5.41, 5.74) is 0.990. The van der Waals surface area contributed by atoms with Crippen LogP contribution < -0.4 is 5.32 Å². The lowest BCUT2D eigenvalue weighted by atomic mass is 10.2. The van der Waals surface area contributed by atoms with Crippen LogP contribution in [0, 0.1) is 10.1 Å². The summed E-state index contributed by atoms with van der Waals surface area (Å²) in [6.45, 7) is 8.06. The summed E-state index contributed by atoms with van der Waals surface area (Å²) in [7, 11) is 0. The van der Waals surface area contributed by atoms with E-state index in [1.807, 2.05) is 4.90 Å². The van der Waals surface area contributed by atoms with E-state index in [2.05, 4.69) is 24.1 Å². The number of nitrogens with one attached hydrogen (secondary N) is 1. The quantitative estimate of drug-likeness (QED) is 0.330. The number of aliphatic imine (C=N–C) groups is 1. The number of hydrogen-bond donors (Lipinski definition) is 1. The Morgan fingerprint density at radius 2 is 1.93 bits per heavy atom. The molecule has 2 aliphatic heterocycles. The topological polar surface area (TPSA) is 100 Å². The number of hydrogen-bond acceptors (Lipinski definition) is 5. The van der Waals surface area contributed by atoms with Crippen LogP contribution in [0.25, 0.3) is 0 Å². The number of carbonyl (C=O) groups is 1. The molecule has 2 atom stereocenters. The second-order valence-electron chi connectivity index (χ2n) is 7.83. The smallest absolute Gasteiger partial charge is 0.269 e. The van der Waals surface area contributed by atoms with Crippen LogP contribution in [0.15, 0.2) is 29.3 Å². The predicted octanol–water partition coefficient (Wildman–Crippen LogP) is 2.16. The Morgan fingerprint density at radius 1 is 1.27 bits per heavy atom. The standard InChI is InChI=1S/C21H31N5O4/c1-3-16(2)23-21(22-15-17-6-8-18(9-7-17)26(28)29)25-12-10-24(11-13-25)20(27)19-5-4-14-30-19/h6-9,16,19H,3-5,10-15H2,1-2H3,(H,22,23). The van der Waals surface area contributed by atoms with E-state index in [-0.39, 0.29) is 23.7 Å². The summed E-state index contributed by atoms with van der Waals surface area (Å²) in [4.78, 5) is 31.8. The Balaban J connectivity index is 1.62. The third-order valence-corrected chi connectivity index (χ3v) is 5.64. The zero-order valence-corrected chi connectivity index (χ0v) is 17.7. The lowest BCUT2D eigenvalue weighted by molar-refractivity contribution is -0.384. The van der Waals surface area contributed by atoms with Crippen LogP contribution in [0.2, 0.25) is 0 Å². The van der Waals surface area contributed by atoms with Crippen molar-refractivity contribution < 1.29 is 14.5 Å². The van der Waals surface area contributed by atoms with Crippen molar-refractivity contribution in [2.45, 2.75) is 51.8 Å². The summed E-state index contributed by atoms with van der Waals surface area (Å²) >= 11 is 0. The first-order valence-electron chi connectivity index (χ1n) is 10.7. The predicted molar refractivity (Wildman–Crippen MR) is 114 cm³/mol. The van der Waals surface area contributed by atoms with Crippen molar-refractivity contribution in [1.29, 1.82) is 0 Å². The van der Waals surface area contributed by atoms with Crippen molar-refractivity contribution in [1.82, 2.24) is 15.1 Å². The highest BCUT2D eigenvalue weighted by Crippen LogP contribution is 2.17. The number of nitro benzene ring substituents is 1. The zero-order valence-electron chi connectivity index (χ0n) is 17.7. The third kappa shape index (κ3) is 5.69. The molecule has 1 N–H and O–H groups in total. The summed E-state index contributed by atoms with van der Waals surface area (Å²) in [6.07, 6.45) is 2.46. The van der Waals surface area contributed by atoms with E-state index in [0.29, 0.717) is 39.3 Å². The summed E-state index contributed by atoms with van der Waals surface area (Å²) in [5.74, 6) is 0.915. The maximum absolute atomic E-state index is 12.6. The molecule has 2 unspecified atom stereocenters. The average molecular weight is 418 g/mol. The zero-order chi connectivity index (χ0) is 21.5. The van der Waals surface area contributed by atoms with Gasteiger partial charge in [-0.25, -0.2) is 4.99 Å². The van der Waals surface area contributed by atoms with Gasteiger partial charge in [0.2, 0.25) is 0 Å². The van der Waals surface area contributed by atoms with Gasteiger partial charge in [-0.1, -0.05) is 19.1 Å². The molecular weight excluding hydrogens is 386 g/mol. The minimum atomic E-state index is -0.402. The SMILES string of the molecule is CCC(C)NC(=NCc1ccc([N+](=O)[O-])cc1)N1CCN(C(=O)C2CCCO2)CC1. The number of rotatable bonds is 6. The first-order valence-corrected chi connectivity index (χ1v) is 10.7. The van der Waals surface area contributed by atoms with E-state index in [1.165, 1.54) is 12.1 Å². The molecule has 2 aliphatic rings. The molecule has 9 heteroatoms. The fourth-order valence-corrected chi connectivity index (χ4v) is 3.56. The first-order chi connectivity index (χ1) is 14.5. The Hall–Kier alpha value is -2.68. The molecule has 0 aliphatic carbocycles. The van der Waals surface area contributed by atoms with Gasteiger partial charge in [-0.15, -0.1) is 0 Å². The Bertz CT molecular complexity index is 753. The molecule has 164 valence electrons. The first kappa shape index (κ1) is 22.0. The van der Waals surface area contributed by atoms with Crippen LogP contribution in [0.3, 0.4) is 0 Å². The molecular formula is C21H31N5O4. The van der Waals surface area contributed by atoms with Crippen molar-refractivity contribution in [3.05, 3.63) is 39.9 Å². The van der Waals surface area contributed by atoms with Crippen LogP contribution in [0.1, 0.15) is 38.7 Å². The molecule has 1 aromatic rings. The summed E-state index contributed by atoms with van der Waals surface area (Å²) in [6, 6.07) is 6.75. The second kappa shape index (κ2) is 10.4. The van der Waals surface area contributed by atoms with Crippen LogP contribution in [-0.4, -0.2) is 71.5 Å². The summed E-state index contributed by atoms with van der Waals surface area (Å²) in [5, 5.41) is 14.3. The maximum atomic E-state index is 12.6. The van der Waals surface area contributed by atoms with Crippen molar-refractivity contribution in [2.75, 3.05) is 32.8 Å². The average Bonchev–Trinajstić information content (AvgIpc) is 3.31. The van der Waals surface area contributed by atoms with E-state index in [4.69, 9.17) is 9.73 Å². The van der Waals surface area contributed by atoms with E-state index < -0.39 is 4.92 Å². The minimum Gasteiger partial charge on any atom is -0.368 e. The van der Waals surface area contributed by atoms with E-state index >= 15 is 0 Å². The van der Waals surface area contributed by atoms with Gasteiger partial charge in [0, 0.05) is 51.0 Å². The molecule has 2 saturated heterocycles. The number of non-ortho nitro benzene ring substituents is 1. The van der Waals surface area contributed by atoms with Crippen molar-refractivity contribution in [3.63, 3.8) is 0 Å². The van der Waals surface area contributed by atoms with Crippen LogP contribution >= 0.6 is 0 Å². The highest BCUT2D eigenvalue weighted by molar-refractivity contribution is 5.83. The maximum Gasteiger partial charge on any atom is 0.269 e. The number of amides is 1. The highest BCUT2D eigenvalue weighted by Gasteiger charge is 2.31. The molecule has 0 saturated carbocycles. The normalized spacial score (nSPS) is 20.9.